The Bertz CT molecular complexity index is 392. The smallest absolute Gasteiger partial charge is 0.0234 e. The fourth-order valence-electron chi connectivity index (χ4n) is 3.48. The second-order valence-corrected chi connectivity index (χ2v) is 6.06. The van der Waals surface area contributed by atoms with Crippen LogP contribution in [0.5, 0.6) is 0 Å². The second kappa shape index (κ2) is 6.04. The molecular weight excluding hydrogens is 234 g/mol. The van der Waals surface area contributed by atoms with E-state index in [9.17, 15) is 0 Å². The van der Waals surface area contributed by atoms with E-state index < -0.39 is 0 Å². The Morgan fingerprint density at radius 3 is 2.74 bits per heavy atom. The first-order valence-electron chi connectivity index (χ1n) is 7.57. The molecule has 2 aliphatic heterocycles. The van der Waals surface area contributed by atoms with Gasteiger partial charge in [0, 0.05) is 31.7 Å². The minimum atomic E-state index is 0.400. The number of piperidine rings is 1. The van der Waals surface area contributed by atoms with Gasteiger partial charge in [0.1, 0.15) is 0 Å². The lowest BCUT2D eigenvalue weighted by molar-refractivity contribution is 0.123. The molecule has 2 fully saturated rings. The Labute approximate surface area is 116 Å². The van der Waals surface area contributed by atoms with Crippen molar-refractivity contribution in [3.63, 3.8) is 0 Å². The lowest BCUT2D eigenvalue weighted by atomic mass is 9.98. The van der Waals surface area contributed by atoms with Gasteiger partial charge in [0.15, 0.2) is 0 Å². The molecule has 2 N–H and O–H groups in total. The fraction of sp³-hybridized carbons (Fsp3) is 0.625. The molecule has 0 radical (unpaired) electrons. The molecule has 0 aromatic heterocycles. The highest BCUT2D eigenvalue weighted by Crippen LogP contribution is 2.21. The van der Waals surface area contributed by atoms with E-state index in [0.717, 1.165) is 19.1 Å². The summed E-state index contributed by atoms with van der Waals surface area (Å²) in [4.78, 5) is 5.25. The van der Waals surface area contributed by atoms with Crippen molar-refractivity contribution in [3.05, 3.63) is 35.9 Å². The monoisotopic (exact) mass is 259 g/mol. The summed E-state index contributed by atoms with van der Waals surface area (Å²) in [5, 5.41) is 0. The van der Waals surface area contributed by atoms with E-state index in [2.05, 4.69) is 40.1 Å². The summed E-state index contributed by atoms with van der Waals surface area (Å²) in [7, 11) is 0. The number of rotatable bonds is 2. The van der Waals surface area contributed by atoms with Crippen LogP contribution in [0.15, 0.2) is 30.3 Å². The molecule has 0 amide bonds. The number of hydrogen-bond donors (Lipinski definition) is 1. The van der Waals surface area contributed by atoms with Crippen molar-refractivity contribution >= 4 is 0 Å². The van der Waals surface area contributed by atoms with Crippen LogP contribution in [-0.2, 0) is 6.54 Å². The van der Waals surface area contributed by atoms with Crippen LogP contribution in [0.1, 0.15) is 24.8 Å². The summed E-state index contributed by atoms with van der Waals surface area (Å²) >= 11 is 0. The number of nitrogens with zero attached hydrogens (tertiary/aromatic N) is 2. The molecule has 2 unspecified atom stereocenters. The van der Waals surface area contributed by atoms with Crippen molar-refractivity contribution in [2.45, 2.75) is 37.9 Å². The lowest BCUT2D eigenvalue weighted by Gasteiger charge is -2.38. The van der Waals surface area contributed by atoms with E-state index in [0.29, 0.717) is 6.04 Å². The van der Waals surface area contributed by atoms with Crippen LogP contribution in [0.25, 0.3) is 0 Å². The molecular formula is C16H25N3. The Morgan fingerprint density at radius 2 is 1.89 bits per heavy atom. The zero-order valence-electron chi connectivity index (χ0n) is 11.7. The Morgan fingerprint density at radius 1 is 1.05 bits per heavy atom. The number of nitrogens with two attached hydrogens (primary N) is 1. The minimum Gasteiger partial charge on any atom is -0.327 e. The Hall–Kier alpha value is -0.900. The third-order valence-electron chi connectivity index (χ3n) is 4.49. The lowest BCUT2D eigenvalue weighted by Crippen LogP contribution is -2.50. The molecule has 1 aromatic rings. The van der Waals surface area contributed by atoms with Gasteiger partial charge in [0.2, 0.25) is 0 Å². The molecule has 2 aliphatic rings. The van der Waals surface area contributed by atoms with Crippen LogP contribution in [0.3, 0.4) is 0 Å². The van der Waals surface area contributed by atoms with Gasteiger partial charge in [-0.1, -0.05) is 30.3 Å². The third kappa shape index (κ3) is 3.35. The van der Waals surface area contributed by atoms with Crippen molar-refractivity contribution in [3.8, 4) is 0 Å². The second-order valence-electron chi connectivity index (χ2n) is 6.06. The van der Waals surface area contributed by atoms with Crippen molar-refractivity contribution < 1.29 is 0 Å². The third-order valence-corrected chi connectivity index (χ3v) is 4.49. The van der Waals surface area contributed by atoms with Gasteiger partial charge in [-0.15, -0.1) is 0 Å². The zero-order valence-corrected chi connectivity index (χ0v) is 11.7. The van der Waals surface area contributed by atoms with E-state index in [1.807, 2.05) is 0 Å². The van der Waals surface area contributed by atoms with Crippen molar-refractivity contribution in [2.75, 3.05) is 26.2 Å². The summed E-state index contributed by atoms with van der Waals surface area (Å²) < 4.78 is 0. The van der Waals surface area contributed by atoms with Gasteiger partial charge in [-0.2, -0.15) is 0 Å². The first-order chi connectivity index (χ1) is 9.31. The van der Waals surface area contributed by atoms with Crippen LogP contribution >= 0.6 is 0 Å². The molecule has 0 saturated carbocycles. The average Bonchev–Trinajstić information content (AvgIpc) is 2.61. The molecule has 3 nitrogen and oxygen atoms in total. The van der Waals surface area contributed by atoms with Gasteiger partial charge < -0.3 is 5.73 Å². The molecule has 2 atom stereocenters. The molecule has 2 saturated heterocycles. The maximum atomic E-state index is 6.10. The zero-order chi connectivity index (χ0) is 13.1. The van der Waals surface area contributed by atoms with Crippen LogP contribution in [0, 0.1) is 0 Å². The average molecular weight is 259 g/mol. The summed E-state index contributed by atoms with van der Waals surface area (Å²) in [6.45, 7) is 5.85. The first kappa shape index (κ1) is 13.1. The van der Waals surface area contributed by atoms with Gasteiger partial charge in [-0.3, -0.25) is 9.80 Å². The molecule has 3 rings (SSSR count). The number of fused-ring (bicyclic) bond motifs is 1. The summed E-state index contributed by atoms with van der Waals surface area (Å²) in [6, 6.07) is 12.0. The molecule has 3 heteroatoms. The molecule has 0 aliphatic carbocycles. The van der Waals surface area contributed by atoms with E-state index in [1.165, 1.54) is 44.5 Å². The standard InChI is InChI=1S/C16H25N3/c17-15-7-8-16-13-18(9-4-10-19(16)12-15)11-14-5-2-1-3-6-14/h1-3,5-6,15-16H,4,7-13,17H2. The number of hydrogen-bond acceptors (Lipinski definition) is 3. The van der Waals surface area contributed by atoms with Crippen LogP contribution in [0.2, 0.25) is 0 Å². The summed E-state index contributed by atoms with van der Waals surface area (Å²) in [5.41, 5.74) is 7.53. The Balaban J connectivity index is 1.62. The molecule has 19 heavy (non-hydrogen) atoms. The van der Waals surface area contributed by atoms with Crippen molar-refractivity contribution in [1.29, 1.82) is 0 Å². The van der Waals surface area contributed by atoms with Crippen molar-refractivity contribution in [2.24, 2.45) is 5.73 Å². The van der Waals surface area contributed by atoms with Crippen LogP contribution < -0.4 is 5.73 Å². The maximum Gasteiger partial charge on any atom is 0.0234 e. The van der Waals surface area contributed by atoms with E-state index in [1.54, 1.807) is 0 Å². The van der Waals surface area contributed by atoms with E-state index in [4.69, 9.17) is 5.73 Å². The van der Waals surface area contributed by atoms with Crippen LogP contribution in [-0.4, -0.2) is 48.1 Å². The Kier molecular flexibility index (Phi) is 4.16. The quantitative estimate of drug-likeness (QED) is 0.877. The highest BCUT2D eigenvalue weighted by Gasteiger charge is 2.29. The van der Waals surface area contributed by atoms with E-state index in [-0.39, 0.29) is 0 Å². The van der Waals surface area contributed by atoms with Crippen molar-refractivity contribution in [1.82, 2.24) is 9.80 Å². The SMILES string of the molecule is NC1CCC2CN(Cc3ccccc3)CCCN2C1. The predicted molar refractivity (Wildman–Crippen MR) is 78.9 cm³/mol. The molecule has 1 aromatic carbocycles. The van der Waals surface area contributed by atoms with E-state index >= 15 is 0 Å². The van der Waals surface area contributed by atoms with Gasteiger partial charge in [-0.25, -0.2) is 0 Å². The summed E-state index contributed by atoms with van der Waals surface area (Å²) in [6.07, 6.45) is 3.74. The largest absolute Gasteiger partial charge is 0.327 e. The summed E-state index contributed by atoms with van der Waals surface area (Å²) in [5.74, 6) is 0. The minimum absolute atomic E-state index is 0.400. The normalized spacial score (nSPS) is 29.7. The first-order valence-corrected chi connectivity index (χ1v) is 7.57. The molecule has 0 spiro atoms. The maximum absolute atomic E-state index is 6.10. The highest BCUT2D eigenvalue weighted by molar-refractivity contribution is 5.14. The van der Waals surface area contributed by atoms with Gasteiger partial charge in [-0.05, 0) is 37.9 Å². The highest BCUT2D eigenvalue weighted by atomic mass is 15.3. The predicted octanol–water partition coefficient (Wildman–Crippen LogP) is 1.68. The number of benzene rings is 1. The topological polar surface area (TPSA) is 32.5 Å². The fourth-order valence-corrected chi connectivity index (χ4v) is 3.48. The van der Waals surface area contributed by atoms with Gasteiger partial charge in [0.25, 0.3) is 0 Å². The van der Waals surface area contributed by atoms with Crippen LogP contribution in [0.4, 0.5) is 0 Å². The van der Waals surface area contributed by atoms with Gasteiger partial charge in [0.05, 0.1) is 0 Å². The molecule has 104 valence electrons. The molecule has 0 bridgehead atoms. The van der Waals surface area contributed by atoms with Gasteiger partial charge >= 0.3 is 0 Å². The molecule has 2 heterocycles.